The second-order valence-corrected chi connectivity index (χ2v) is 8.09. The highest BCUT2D eigenvalue weighted by atomic mass is 16.5. The van der Waals surface area contributed by atoms with E-state index >= 15 is 0 Å². The average molecular weight is 420 g/mol. The lowest BCUT2D eigenvalue weighted by Gasteiger charge is -2.28. The minimum Gasteiger partial charge on any atom is -0.493 e. The quantitative estimate of drug-likeness (QED) is 0.681. The van der Waals surface area contributed by atoms with Crippen molar-refractivity contribution in [3.05, 3.63) is 36.5 Å². The highest BCUT2D eigenvalue weighted by Gasteiger charge is 2.20. The van der Waals surface area contributed by atoms with Gasteiger partial charge in [0.1, 0.15) is 5.82 Å². The number of nitrogens with one attached hydrogen (secondary N) is 1. The molecule has 0 amide bonds. The lowest BCUT2D eigenvalue weighted by atomic mass is 10.1. The van der Waals surface area contributed by atoms with E-state index in [2.05, 4.69) is 33.3 Å². The van der Waals surface area contributed by atoms with Gasteiger partial charge in [-0.05, 0) is 37.1 Å². The van der Waals surface area contributed by atoms with Crippen LogP contribution < -0.4 is 24.6 Å². The number of ether oxygens (including phenoxy) is 2. The fourth-order valence-corrected chi connectivity index (χ4v) is 4.52. The van der Waals surface area contributed by atoms with Crippen LogP contribution >= 0.6 is 0 Å². The van der Waals surface area contributed by atoms with Crippen molar-refractivity contribution in [2.45, 2.75) is 12.8 Å². The van der Waals surface area contributed by atoms with E-state index in [-0.39, 0.29) is 0 Å². The molecule has 2 fully saturated rings. The third-order valence-electron chi connectivity index (χ3n) is 6.22. The summed E-state index contributed by atoms with van der Waals surface area (Å²) < 4.78 is 11.1. The number of pyridine rings is 2. The molecule has 0 atom stereocenters. The standard InChI is InChI=1S/C24H29N5O2/c1-30-22-13-18-20(15-23(22)31-2)27-19(14-21(18)28-9-3-4-10-28)17-5-6-24(26-16-17)29-11-7-25-8-12-29/h5-6,13-16,25H,3-4,7-12H2,1-2H3. The van der Waals surface area contributed by atoms with Crippen LogP contribution in [0.1, 0.15) is 12.8 Å². The third-order valence-corrected chi connectivity index (χ3v) is 6.22. The normalized spacial score (nSPS) is 16.7. The molecule has 2 aliphatic heterocycles. The molecule has 0 radical (unpaired) electrons. The molecule has 0 unspecified atom stereocenters. The summed E-state index contributed by atoms with van der Waals surface area (Å²) in [5, 5.41) is 4.48. The van der Waals surface area contributed by atoms with Crippen molar-refractivity contribution in [2.24, 2.45) is 0 Å². The Hall–Kier alpha value is -3.06. The van der Waals surface area contributed by atoms with Gasteiger partial charge in [0.25, 0.3) is 0 Å². The number of hydrogen-bond acceptors (Lipinski definition) is 7. The van der Waals surface area contributed by atoms with E-state index in [1.165, 1.54) is 18.5 Å². The van der Waals surface area contributed by atoms with E-state index in [9.17, 15) is 0 Å². The van der Waals surface area contributed by atoms with E-state index in [0.29, 0.717) is 5.75 Å². The minimum absolute atomic E-state index is 0.694. The highest BCUT2D eigenvalue weighted by Crippen LogP contribution is 2.39. The Morgan fingerprint density at radius 1 is 0.871 bits per heavy atom. The summed E-state index contributed by atoms with van der Waals surface area (Å²) in [6.07, 6.45) is 4.38. The molecule has 1 aromatic carbocycles. The first-order valence-corrected chi connectivity index (χ1v) is 11.0. The zero-order valence-corrected chi connectivity index (χ0v) is 18.2. The maximum atomic E-state index is 5.56. The molecule has 2 saturated heterocycles. The van der Waals surface area contributed by atoms with Crippen LogP contribution in [0.5, 0.6) is 11.5 Å². The van der Waals surface area contributed by atoms with Crippen molar-refractivity contribution in [3.63, 3.8) is 0 Å². The van der Waals surface area contributed by atoms with Gasteiger partial charge in [0.2, 0.25) is 0 Å². The Morgan fingerprint density at radius 2 is 1.61 bits per heavy atom. The topological polar surface area (TPSA) is 62.8 Å². The highest BCUT2D eigenvalue weighted by molar-refractivity contribution is 5.96. The Balaban J connectivity index is 1.58. The van der Waals surface area contributed by atoms with Gasteiger partial charge < -0.3 is 24.6 Å². The van der Waals surface area contributed by atoms with Crippen LogP contribution in [0, 0.1) is 0 Å². The van der Waals surface area contributed by atoms with Gasteiger partial charge in [-0.2, -0.15) is 0 Å². The monoisotopic (exact) mass is 419 g/mol. The lowest BCUT2D eigenvalue weighted by Crippen LogP contribution is -2.43. The summed E-state index contributed by atoms with van der Waals surface area (Å²) in [5.41, 5.74) is 4.06. The summed E-state index contributed by atoms with van der Waals surface area (Å²) in [6.45, 7) is 6.10. The first-order valence-electron chi connectivity index (χ1n) is 11.0. The van der Waals surface area contributed by atoms with E-state index in [1.54, 1.807) is 14.2 Å². The molecule has 2 aromatic heterocycles. The lowest BCUT2D eigenvalue weighted by molar-refractivity contribution is 0.356. The molecule has 0 spiro atoms. The molecule has 2 aliphatic rings. The molecule has 0 saturated carbocycles. The summed E-state index contributed by atoms with van der Waals surface area (Å²) in [7, 11) is 3.33. The fraction of sp³-hybridized carbons (Fsp3) is 0.417. The molecule has 1 N–H and O–H groups in total. The van der Waals surface area contributed by atoms with Crippen molar-refractivity contribution < 1.29 is 9.47 Å². The maximum Gasteiger partial charge on any atom is 0.162 e. The SMILES string of the molecule is COc1cc2nc(-c3ccc(N4CCNCC4)nc3)cc(N3CCCC3)c2cc1OC. The molecule has 162 valence electrons. The fourth-order valence-electron chi connectivity index (χ4n) is 4.52. The Kier molecular flexibility index (Phi) is 5.51. The number of hydrogen-bond donors (Lipinski definition) is 1. The largest absolute Gasteiger partial charge is 0.493 e. The van der Waals surface area contributed by atoms with Gasteiger partial charge in [0.15, 0.2) is 11.5 Å². The van der Waals surface area contributed by atoms with Gasteiger partial charge in [-0.15, -0.1) is 0 Å². The predicted octanol–water partition coefficient (Wildman–Crippen LogP) is 3.32. The summed E-state index contributed by atoms with van der Waals surface area (Å²) >= 11 is 0. The molecule has 0 aliphatic carbocycles. The molecule has 4 heterocycles. The van der Waals surface area contributed by atoms with Crippen LogP contribution in [-0.4, -0.2) is 63.5 Å². The zero-order valence-electron chi connectivity index (χ0n) is 18.2. The van der Waals surface area contributed by atoms with Crippen molar-refractivity contribution in [1.82, 2.24) is 15.3 Å². The molecule has 7 heteroatoms. The van der Waals surface area contributed by atoms with Crippen LogP contribution in [-0.2, 0) is 0 Å². The molecule has 5 rings (SSSR count). The van der Waals surface area contributed by atoms with Crippen molar-refractivity contribution in [3.8, 4) is 22.8 Å². The van der Waals surface area contributed by atoms with Gasteiger partial charge in [0, 0.05) is 68.2 Å². The van der Waals surface area contributed by atoms with Gasteiger partial charge in [-0.25, -0.2) is 9.97 Å². The Morgan fingerprint density at radius 3 is 2.29 bits per heavy atom. The second kappa shape index (κ2) is 8.59. The maximum absolute atomic E-state index is 5.56. The molecule has 3 aromatic rings. The predicted molar refractivity (Wildman–Crippen MR) is 125 cm³/mol. The zero-order chi connectivity index (χ0) is 21.2. The molecule has 0 bridgehead atoms. The smallest absolute Gasteiger partial charge is 0.162 e. The number of fused-ring (bicyclic) bond motifs is 1. The minimum atomic E-state index is 0.694. The van der Waals surface area contributed by atoms with Gasteiger partial charge in [-0.1, -0.05) is 0 Å². The number of nitrogens with zero attached hydrogens (tertiary/aromatic N) is 4. The van der Waals surface area contributed by atoms with Crippen LogP contribution in [0.25, 0.3) is 22.2 Å². The average Bonchev–Trinajstić information content (AvgIpc) is 3.38. The molecule has 31 heavy (non-hydrogen) atoms. The number of piperazine rings is 1. The van der Waals surface area contributed by atoms with Crippen LogP contribution in [0.3, 0.4) is 0 Å². The van der Waals surface area contributed by atoms with Gasteiger partial charge in [0.05, 0.1) is 25.4 Å². The van der Waals surface area contributed by atoms with E-state index in [4.69, 9.17) is 19.4 Å². The van der Waals surface area contributed by atoms with Crippen molar-refractivity contribution >= 4 is 22.4 Å². The Labute approximate surface area is 183 Å². The summed E-state index contributed by atoms with van der Waals surface area (Å²) in [4.78, 5) is 14.5. The van der Waals surface area contributed by atoms with E-state index in [1.807, 2.05) is 18.3 Å². The van der Waals surface area contributed by atoms with E-state index in [0.717, 1.165) is 73.0 Å². The number of aromatic nitrogens is 2. The number of rotatable bonds is 5. The van der Waals surface area contributed by atoms with Gasteiger partial charge in [-0.3, -0.25) is 0 Å². The van der Waals surface area contributed by atoms with Crippen molar-refractivity contribution in [1.29, 1.82) is 0 Å². The summed E-state index contributed by atoms with van der Waals surface area (Å²) in [6, 6.07) is 10.5. The molecular weight excluding hydrogens is 390 g/mol. The Bertz CT molecular complexity index is 1060. The first-order chi connectivity index (χ1) is 15.3. The van der Waals surface area contributed by atoms with E-state index < -0.39 is 0 Å². The molecular formula is C24H29N5O2. The number of methoxy groups -OCH3 is 2. The van der Waals surface area contributed by atoms with Gasteiger partial charge >= 0.3 is 0 Å². The van der Waals surface area contributed by atoms with Crippen LogP contribution in [0.15, 0.2) is 36.5 Å². The molecule has 7 nitrogen and oxygen atoms in total. The number of benzene rings is 1. The first kappa shape index (κ1) is 19.9. The third kappa shape index (κ3) is 3.85. The van der Waals surface area contributed by atoms with Crippen LogP contribution in [0.4, 0.5) is 11.5 Å². The van der Waals surface area contributed by atoms with Crippen molar-refractivity contribution in [2.75, 3.05) is 63.3 Å². The van der Waals surface area contributed by atoms with Crippen LogP contribution in [0.2, 0.25) is 0 Å². The number of anilines is 2. The second-order valence-electron chi connectivity index (χ2n) is 8.09. The summed E-state index contributed by atoms with van der Waals surface area (Å²) in [5.74, 6) is 2.45.